The van der Waals surface area contributed by atoms with E-state index in [4.69, 9.17) is 5.11 Å². The van der Waals surface area contributed by atoms with Gasteiger partial charge in [0.05, 0.1) is 22.5 Å². The van der Waals surface area contributed by atoms with Crippen molar-refractivity contribution in [1.82, 2.24) is 15.0 Å². The number of hydrogen-bond acceptors (Lipinski definition) is 5. The van der Waals surface area contributed by atoms with Crippen LogP contribution in [-0.4, -0.2) is 31.0 Å². The van der Waals surface area contributed by atoms with E-state index in [0.29, 0.717) is 24.9 Å². The summed E-state index contributed by atoms with van der Waals surface area (Å²) in [5, 5.41) is 27.2. The van der Waals surface area contributed by atoms with Crippen LogP contribution < -0.4 is 0 Å². The summed E-state index contributed by atoms with van der Waals surface area (Å²) in [5.41, 5.74) is 1.28. The average molecular weight is 290 g/mol. The normalized spacial score (nSPS) is 10.5. The number of nitrogens with zero attached hydrogens (tertiary/aromatic N) is 4. The zero-order valence-corrected chi connectivity index (χ0v) is 11.2. The molecule has 0 amide bonds. The van der Waals surface area contributed by atoms with Crippen LogP contribution in [0.15, 0.2) is 30.5 Å². The van der Waals surface area contributed by atoms with E-state index in [0.717, 1.165) is 5.69 Å². The van der Waals surface area contributed by atoms with E-state index in [1.165, 1.54) is 16.8 Å². The van der Waals surface area contributed by atoms with Crippen LogP contribution in [0.1, 0.15) is 25.0 Å². The van der Waals surface area contributed by atoms with E-state index in [1.54, 1.807) is 18.3 Å². The molecule has 0 unspecified atom stereocenters. The van der Waals surface area contributed by atoms with Gasteiger partial charge in [-0.15, -0.1) is 5.10 Å². The maximum absolute atomic E-state index is 10.7. The third-order valence-corrected chi connectivity index (χ3v) is 2.92. The first-order valence-corrected chi connectivity index (χ1v) is 6.44. The van der Waals surface area contributed by atoms with Crippen molar-refractivity contribution < 1.29 is 14.8 Å². The summed E-state index contributed by atoms with van der Waals surface area (Å²) in [7, 11) is 0. The van der Waals surface area contributed by atoms with E-state index >= 15 is 0 Å². The number of benzene rings is 1. The lowest BCUT2D eigenvalue weighted by atomic mass is 10.1. The summed E-state index contributed by atoms with van der Waals surface area (Å²) >= 11 is 0. The highest BCUT2D eigenvalue weighted by Gasteiger charge is 2.09. The molecular weight excluding hydrogens is 276 g/mol. The lowest BCUT2D eigenvalue weighted by Crippen LogP contribution is -1.96. The molecule has 0 aliphatic carbocycles. The second-order valence-electron chi connectivity index (χ2n) is 4.53. The van der Waals surface area contributed by atoms with Crippen molar-refractivity contribution in [2.75, 3.05) is 0 Å². The minimum atomic E-state index is -0.810. The summed E-state index contributed by atoms with van der Waals surface area (Å²) < 4.78 is 1.47. The molecule has 8 heteroatoms. The Bertz CT molecular complexity index is 653. The van der Waals surface area contributed by atoms with Crippen LogP contribution in [0.2, 0.25) is 0 Å². The molecule has 0 radical (unpaired) electrons. The standard InChI is InChI=1S/C13H14N4O4/c18-13(19)7-2-1-4-10-9-16(15-14-10)11-5-3-6-12(8-11)17(20)21/h3,5-6,8-9H,1-2,4,7H2,(H,18,19). The zero-order chi connectivity index (χ0) is 15.2. The highest BCUT2D eigenvalue weighted by Crippen LogP contribution is 2.16. The maximum Gasteiger partial charge on any atom is 0.303 e. The molecule has 0 atom stereocenters. The Morgan fingerprint density at radius 1 is 1.38 bits per heavy atom. The highest BCUT2D eigenvalue weighted by molar-refractivity contribution is 5.66. The van der Waals surface area contributed by atoms with E-state index in [-0.39, 0.29) is 12.1 Å². The fraction of sp³-hybridized carbons (Fsp3) is 0.308. The Balaban J connectivity index is 2.01. The van der Waals surface area contributed by atoms with E-state index in [9.17, 15) is 14.9 Å². The van der Waals surface area contributed by atoms with Gasteiger partial charge in [0, 0.05) is 18.6 Å². The molecule has 0 saturated carbocycles. The average Bonchev–Trinajstić information content (AvgIpc) is 2.92. The molecular formula is C13H14N4O4. The Kier molecular flexibility index (Phi) is 4.60. The van der Waals surface area contributed by atoms with Crippen LogP contribution in [0.3, 0.4) is 0 Å². The van der Waals surface area contributed by atoms with E-state index in [1.807, 2.05) is 0 Å². The van der Waals surface area contributed by atoms with Crippen molar-refractivity contribution in [3.63, 3.8) is 0 Å². The molecule has 0 spiro atoms. The second kappa shape index (κ2) is 6.60. The van der Waals surface area contributed by atoms with Crippen LogP contribution in [-0.2, 0) is 11.2 Å². The monoisotopic (exact) mass is 290 g/mol. The number of unbranched alkanes of at least 4 members (excludes halogenated alkanes) is 1. The van der Waals surface area contributed by atoms with Crippen LogP contribution in [0, 0.1) is 10.1 Å². The molecule has 0 fully saturated rings. The maximum atomic E-state index is 10.7. The molecule has 0 bridgehead atoms. The lowest BCUT2D eigenvalue weighted by molar-refractivity contribution is -0.384. The van der Waals surface area contributed by atoms with Crippen molar-refractivity contribution >= 4 is 11.7 Å². The summed E-state index contributed by atoms with van der Waals surface area (Å²) in [6, 6.07) is 6.12. The molecule has 0 aliphatic heterocycles. The van der Waals surface area contributed by atoms with Gasteiger partial charge < -0.3 is 5.11 Å². The first-order chi connectivity index (χ1) is 10.1. The second-order valence-corrected chi connectivity index (χ2v) is 4.53. The fourth-order valence-corrected chi connectivity index (χ4v) is 1.87. The van der Waals surface area contributed by atoms with E-state index in [2.05, 4.69) is 10.3 Å². The molecule has 8 nitrogen and oxygen atoms in total. The fourth-order valence-electron chi connectivity index (χ4n) is 1.87. The number of hydrogen-bond donors (Lipinski definition) is 1. The van der Waals surface area contributed by atoms with Gasteiger partial charge >= 0.3 is 5.97 Å². The minimum absolute atomic E-state index is 0.00833. The smallest absolute Gasteiger partial charge is 0.303 e. The number of rotatable bonds is 7. The third-order valence-electron chi connectivity index (χ3n) is 2.92. The van der Waals surface area contributed by atoms with Gasteiger partial charge in [-0.25, -0.2) is 4.68 Å². The Morgan fingerprint density at radius 3 is 2.90 bits per heavy atom. The Labute approximate surface area is 120 Å². The molecule has 2 aromatic rings. The van der Waals surface area contributed by atoms with Gasteiger partial charge in [-0.3, -0.25) is 14.9 Å². The number of carboxylic acids is 1. The van der Waals surface area contributed by atoms with Crippen molar-refractivity contribution in [2.45, 2.75) is 25.7 Å². The van der Waals surface area contributed by atoms with Crippen LogP contribution in [0.5, 0.6) is 0 Å². The molecule has 0 aliphatic rings. The number of carboxylic acid groups (broad SMARTS) is 1. The molecule has 1 aromatic heterocycles. The van der Waals surface area contributed by atoms with Gasteiger partial charge in [-0.05, 0) is 25.3 Å². The zero-order valence-electron chi connectivity index (χ0n) is 11.2. The van der Waals surface area contributed by atoms with Gasteiger partial charge in [0.15, 0.2) is 0 Å². The lowest BCUT2D eigenvalue weighted by Gasteiger charge is -1.99. The van der Waals surface area contributed by atoms with Crippen LogP contribution in [0.4, 0.5) is 5.69 Å². The minimum Gasteiger partial charge on any atom is -0.481 e. The van der Waals surface area contributed by atoms with Gasteiger partial charge in [-0.1, -0.05) is 11.3 Å². The number of nitro groups is 1. The predicted octanol–water partition coefficient (Wildman–Crippen LogP) is 1.97. The molecule has 1 N–H and O–H groups in total. The first-order valence-electron chi connectivity index (χ1n) is 6.44. The first kappa shape index (κ1) is 14.6. The summed E-state index contributed by atoms with van der Waals surface area (Å²) in [6.45, 7) is 0. The van der Waals surface area contributed by atoms with Crippen molar-refractivity contribution in [2.24, 2.45) is 0 Å². The largest absolute Gasteiger partial charge is 0.481 e. The van der Waals surface area contributed by atoms with Crippen molar-refractivity contribution in [3.05, 3.63) is 46.3 Å². The van der Waals surface area contributed by atoms with E-state index < -0.39 is 10.9 Å². The number of non-ortho nitro benzene ring substituents is 1. The van der Waals surface area contributed by atoms with Gasteiger partial charge in [0.25, 0.3) is 5.69 Å². The molecule has 1 aromatic carbocycles. The van der Waals surface area contributed by atoms with Crippen molar-refractivity contribution in [1.29, 1.82) is 0 Å². The number of aryl methyl sites for hydroxylation is 1. The van der Waals surface area contributed by atoms with Gasteiger partial charge in [-0.2, -0.15) is 0 Å². The Hall–Kier alpha value is -2.77. The van der Waals surface area contributed by atoms with Crippen molar-refractivity contribution in [3.8, 4) is 5.69 Å². The van der Waals surface area contributed by atoms with Crippen LogP contribution in [0.25, 0.3) is 5.69 Å². The predicted molar refractivity (Wildman–Crippen MR) is 73.2 cm³/mol. The van der Waals surface area contributed by atoms with Crippen LogP contribution >= 0.6 is 0 Å². The molecule has 2 rings (SSSR count). The molecule has 1 heterocycles. The Morgan fingerprint density at radius 2 is 2.19 bits per heavy atom. The third kappa shape index (κ3) is 4.10. The molecule has 21 heavy (non-hydrogen) atoms. The molecule has 110 valence electrons. The highest BCUT2D eigenvalue weighted by atomic mass is 16.6. The molecule has 0 saturated heterocycles. The summed E-state index contributed by atoms with van der Waals surface area (Å²) in [4.78, 5) is 20.7. The van der Waals surface area contributed by atoms with Gasteiger partial charge in [0.1, 0.15) is 0 Å². The summed E-state index contributed by atoms with van der Waals surface area (Å²) in [5.74, 6) is -0.810. The number of aliphatic carboxylic acids is 1. The van der Waals surface area contributed by atoms with Gasteiger partial charge in [0.2, 0.25) is 0 Å². The SMILES string of the molecule is O=C(O)CCCCc1cn(-c2cccc([N+](=O)[O-])c2)nn1. The number of aromatic nitrogens is 3. The number of carbonyl (C=O) groups is 1. The topological polar surface area (TPSA) is 111 Å². The quantitative estimate of drug-likeness (QED) is 0.474. The summed E-state index contributed by atoms with van der Waals surface area (Å²) in [6.07, 6.45) is 3.75. The number of nitro benzene ring substituents is 1.